The lowest BCUT2D eigenvalue weighted by molar-refractivity contribution is -0.150. The largest absolute Gasteiger partial charge is 0.506 e. The van der Waals surface area contributed by atoms with Gasteiger partial charge in [0.25, 0.3) is 0 Å². The van der Waals surface area contributed by atoms with E-state index in [0.717, 1.165) is 17.1 Å². The maximum atomic E-state index is 12.7. The van der Waals surface area contributed by atoms with Crippen LogP contribution in [-0.4, -0.2) is 94.0 Å². The first-order chi connectivity index (χ1) is 16.5. The molecule has 15 heteroatoms. The molecule has 9 N–H and O–H groups in total. The van der Waals surface area contributed by atoms with Crippen LogP contribution in [0.15, 0.2) is 24.5 Å². The van der Waals surface area contributed by atoms with Crippen molar-refractivity contribution in [1.82, 2.24) is 20.1 Å². The van der Waals surface area contributed by atoms with E-state index in [1.165, 1.54) is 19.1 Å². The number of carboxylic acids is 1. The van der Waals surface area contributed by atoms with E-state index >= 15 is 0 Å². The van der Waals surface area contributed by atoms with E-state index in [1.807, 2.05) is 0 Å². The number of nitrogens with one attached hydrogen (secondary N) is 1. The first-order valence-corrected chi connectivity index (χ1v) is 10.3. The summed E-state index contributed by atoms with van der Waals surface area (Å²) in [7, 11) is 0. The van der Waals surface area contributed by atoms with Gasteiger partial charge in [0.1, 0.15) is 30.2 Å². The molecule has 0 radical (unpaired) electrons. The van der Waals surface area contributed by atoms with Crippen LogP contribution in [0.1, 0.15) is 35.4 Å². The van der Waals surface area contributed by atoms with Crippen LogP contribution in [-0.2, 0) is 14.3 Å². The van der Waals surface area contributed by atoms with Gasteiger partial charge >= 0.3 is 5.97 Å². The van der Waals surface area contributed by atoms with Crippen molar-refractivity contribution < 1.29 is 49.8 Å². The molecule has 3 rings (SSSR count). The van der Waals surface area contributed by atoms with Gasteiger partial charge in [-0.05, 0) is 12.1 Å². The zero-order valence-corrected chi connectivity index (χ0v) is 18.2. The van der Waals surface area contributed by atoms with Crippen molar-refractivity contribution in [3.05, 3.63) is 35.9 Å². The molecule has 2 aromatic rings. The monoisotopic (exact) mass is 495 g/mol. The number of ether oxygens (including phenoxy) is 1. The second-order valence-electron chi connectivity index (χ2n) is 8.07. The number of aromatic nitrogens is 3. The Balaban J connectivity index is 1.74. The smallest absolute Gasteiger partial charge is 0.329 e. The number of carbonyl (C=O) groups is 3. The topological polar surface area (TPSA) is 251 Å². The summed E-state index contributed by atoms with van der Waals surface area (Å²) in [5, 5.41) is 65.7. The van der Waals surface area contributed by atoms with Crippen LogP contribution in [0.3, 0.4) is 0 Å². The van der Waals surface area contributed by atoms with Gasteiger partial charge in [-0.15, -0.1) is 0 Å². The van der Waals surface area contributed by atoms with E-state index in [-0.39, 0.29) is 23.4 Å². The number of carboxylic acid groups (broad SMARTS) is 1. The standard InChI is InChI=1S/C20H25N5O10/c1-7(14(29)9-3-2-8(27)4-22-9)12(21)18(32)23-13(20(33)34)17-15(30)16(31)19(35-17)25-5-11(28)10(6-26)24-25/h2-7,12-17,19,27-31H,21H2,1H3,(H,23,32)(H,33,34)/t7-,12+,13+,14+,15+,16-,17-,19-/m1/s1. The van der Waals surface area contributed by atoms with Crippen molar-refractivity contribution >= 4 is 18.2 Å². The molecule has 0 aromatic carbocycles. The molecule has 1 amide bonds. The quantitative estimate of drug-likeness (QED) is 0.166. The number of nitrogens with zero attached hydrogens (tertiary/aromatic N) is 3. The van der Waals surface area contributed by atoms with Gasteiger partial charge < -0.3 is 46.4 Å². The number of hydrogen-bond donors (Lipinski definition) is 8. The maximum Gasteiger partial charge on any atom is 0.329 e. The van der Waals surface area contributed by atoms with Crippen molar-refractivity contribution in [2.24, 2.45) is 11.7 Å². The summed E-state index contributed by atoms with van der Waals surface area (Å²) >= 11 is 0. The average Bonchev–Trinajstić information content (AvgIpc) is 3.35. The SMILES string of the molecule is C[C@H]([C@H](N)C(=O)N[C@H](C(=O)O)[C@H]1O[C@@H](n2cc(O)c(C=O)n2)[C@H](O)[C@@H]1O)[C@H](O)c1ccc(O)cn1. The van der Waals surface area contributed by atoms with Gasteiger partial charge in [-0.2, -0.15) is 5.10 Å². The zero-order valence-electron chi connectivity index (χ0n) is 18.2. The highest BCUT2D eigenvalue weighted by Gasteiger charge is 2.50. The summed E-state index contributed by atoms with van der Waals surface area (Å²) < 4.78 is 6.27. The van der Waals surface area contributed by atoms with Gasteiger partial charge in [-0.25, -0.2) is 9.48 Å². The number of carbonyl (C=O) groups excluding carboxylic acids is 2. The molecule has 8 atom stereocenters. The van der Waals surface area contributed by atoms with Crippen molar-refractivity contribution in [3.63, 3.8) is 0 Å². The molecule has 190 valence electrons. The number of rotatable bonds is 9. The van der Waals surface area contributed by atoms with E-state index in [1.54, 1.807) is 0 Å². The van der Waals surface area contributed by atoms with Gasteiger partial charge in [0.15, 0.2) is 30.0 Å². The molecular formula is C20H25N5O10. The highest BCUT2D eigenvalue weighted by molar-refractivity contribution is 5.87. The van der Waals surface area contributed by atoms with Crippen molar-refractivity contribution in [2.45, 2.75) is 49.7 Å². The molecule has 0 saturated carbocycles. The van der Waals surface area contributed by atoms with Crippen molar-refractivity contribution in [1.29, 1.82) is 0 Å². The van der Waals surface area contributed by atoms with Crippen molar-refractivity contribution in [3.8, 4) is 11.5 Å². The molecule has 1 saturated heterocycles. The lowest BCUT2D eigenvalue weighted by Gasteiger charge is -2.28. The molecule has 1 fully saturated rings. The zero-order chi connectivity index (χ0) is 26.0. The third kappa shape index (κ3) is 5.23. The second-order valence-corrected chi connectivity index (χ2v) is 8.07. The summed E-state index contributed by atoms with van der Waals surface area (Å²) in [6.07, 6.45) is -5.75. The molecule has 35 heavy (non-hydrogen) atoms. The summed E-state index contributed by atoms with van der Waals surface area (Å²) in [6.45, 7) is 1.43. The first-order valence-electron chi connectivity index (χ1n) is 10.3. The molecule has 1 aliphatic heterocycles. The summed E-state index contributed by atoms with van der Waals surface area (Å²) in [5.74, 6) is -4.24. The molecule has 3 heterocycles. The van der Waals surface area contributed by atoms with Gasteiger partial charge in [0.05, 0.1) is 24.1 Å². The van der Waals surface area contributed by atoms with Crippen LogP contribution in [0.5, 0.6) is 11.5 Å². The van der Waals surface area contributed by atoms with Crippen LogP contribution in [0.2, 0.25) is 0 Å². The third-order valence-electron chi connectivity index (χ3n) is 5.72. The fraction of sp³-hybridized carbons (Fsp3) is 0.450. The number of aliphatic hydroxyl groups is 3. The Kier molecular flexibility index (Phi) is 7.67. The van der Waals surface area contributed by atoms with Gasteiger partial charge in [0, 0.05) is 5.92 Å². The van der Waals surface area contributed by atoms with Crippen LogP contribution >= 0.6 is 0 Å². The minimum absolute atomic E-state index is 0.117. The number of amides is 1. The summed E-state index contributed by atoms with van der Waals surface area (Å²) in [4.78, 5) is 39.3. The lowest BCUT2D eigenvalue weighted by atomic mass is 9.92. The van der Waals surface area contributed by atoms with E-state index in [9.17, 15) is 45.0 Å². The molecule has 15 nitrogen and oxygen atoms in total. The molecular weight excluding hydrogens is 470 g/mol. The van der Waals surface area contributed by atoms with Crippen LogP contribution in [0.25, 0.3) is 0 Å². The number of aliphatic hydroxyl groups excluding tert-OH is 3. The summed E-state index contributed by atoms with van der Waals surface area (Å²) in [6, 6.07) is -0.703. The number of nitrogens with two attached hydrogens (primary N) is 1. The van der Waals surface area contributed by atoms with E-state index in [0.29, 0.717) is 0 Å². The predicted octanol–water partition coefficient (Wildman–Crippen LogP) is -2.61. The second kappa shape index (κ2) is 10.3. The van der Waals surface area contributed by atoms with Crippen LogP contribution < -0.4 is 11.1 Å². The maximum absolute atomic E-state index is 12.7. The predicted molar refractivity (Wildman–Crippen MR) is 113 cm³/mol. The van der Waals surface area contributed by atoms with E-state index in [4.69, 9.17) is 10.5 Å². The fourth-order valence-electron chi connectivity index (χ4n) is 3.60. The highest BCUT2D eigenvalue weighted by atomic mass is 16.6. The van der Waals surface area contributed by atoms with Gasteiger partial charge in [0.2, 0.25) is 5.91 Å². The van der Waals surface area contributed by atoms with E-state index in [2.05, 4.69) is 15.4 Å². The van der Waals surface area contributed by atoms with Crippen LogP contribution in [0, 0.1) is 5.92 Å². The normalized spacial score (nSPS) is 25.4. The van der Waals surface area contributed by atoms with Crippen LogP contribution in [0.4, 0.5) is 0 Å². The minimum atomic E-state index is -1.88. The molecule has 0 unspecified atom stereocenters. The molecule has 1 aliphatic rings. The Morgan fingerprint density at radius 2 is 1.94 bits per heavy atom. The Bertz CT molecular complexity index is 1080. The lowest BCUT2D eigenvalue weighted by Crippen LogP contribution is -2.57. The van der Waals surface area contributed by atoms with Gasteiger partial charge in [-0.3, -0.25) is 14.6 Å². The number of hydrogen-bond acceptors (Lipinski definition) is 12. The Morgan fingerprint density at radius 3 is 2.49 bits per heavy atom. The Hall–Kier alpha value is -3.63. The Labute approximate surface area is 197 Å². The molecule has 0 spiro atoms. The number of pyridine rings is 1. The first kappa shape index (κ1) is 26.0. The Morgan fingerprint density at radius 1 is 1.26 bits per heavy atom. The fourth-order valence-corrected chi connectivity index (χ4v) is 3.60. The van der Waals surface area contributed by atoms with Crippen molar-refractivity contribution in [2.75, 3.05) is 0 Å². The number of aldehydes is 1. The molecule has 0 bridgehead atoms. The van der Waals surface area contributed by atoms with Gasteiger partial charge in [-0.1, -0.05) is 6.92 Å². The number of aliphatic carboxylic acids is 1. The average molecular weight is 495 g/mol. The number of aromatic hydroxyl groups is 2. The molecule has 2 aromatic heterocycles. The minimum Gasteiger partial charge on any atom is -0.506 e. The third-order valence-corrected chi connectivity index (χ3v) is 5.72. The summed E-state index contributed by atoms with van der Waals surface area (Å²) in [5.41, 5.74) is 5.67. The highest BCUT2D eigenvalue weighted by Crippen LogP contribution is 2.32. The molecule has 0 aliphatic carbocycles. The van der Waals surface area contributed by atoms with E-state index < -0.39 is 66.3 Å².